The van der Waals surface area contributed by atoms with Crippen molar-refractivity contribution in [3.05, 3.63) is 62.5 Å². The number of nitro benzene ring substituents is 1. The number of methoxy groups -OCH3 is 3. The van der Waals surface area contributed by atoms with Crippen molar-refractivity contribution in [1.29, 1.82) is 5.26 Å². The molecule has 0 saturated carbocycles. The Hall–Kier alpha value is -3.90. The zero-order chi connectivity index (χ0) is 21.7. The first-order valence-electron chi connectivity index (χ1n) is 8.63. The first kappa shape index (κ1) is 20.8. The summed E-state index contributed by atoms with van der Waals surface area (Å²) in [5, 5.41) is 23.2. The number of nitro groups is 1. The van der Waals surface area contributed by atoms with Crippen LogP contribution in [0.2, 0.25) is 0 Å². The van der Waals surface area contributed by atoms with Crippen molar-refractivity contribution in [1.82, 2.24) is 4.98 Å². The molecule has 1 heterocycles. The molecule has 0 saturated heterocycles. The van der Waals surface area contributed by atoms with Crippen LogP contribution in [0, 0.1) is 21.4 Å². The topological polar surface area (TPSA) is 108 Å². The maximum absolute atomic E-state index is 11.2. The Bertz CT molecular complexity index is 1160. The van der Waals surface area contributed by atoms with E-state index in [1.54, 1.807) is 38.5 Å². The minimum atomic E-state index is -0.527. The number of allylic oxidation sites excluding steroid dienone is 1. The molecule has 0 amide bonds. The minimum absolute atomic E-state index is 0.153. The molecule has 0 aliphatic heterocycles. The predicted octanol–water partition coefficient (Wildman–Crippen LogP) is 4.81. The summed E-state index contributed by atoms with van der Waals surface area (Å²) in [6.45, 7) is 0. The van der Waals surface area contributed by atoms with Gasteiger partial charge in [-0.25, -0.2) is 4.98 Å². The van der Waals surface area contributed by atoms with Crippen LogP contribution in [0.25, 0.3) is 22.9 Å². The molecule has 2 aromatic carbocycles. The Balaban J connectivity index is 1.96. The SMILES string of the molecule is COc1ccc(-c2csc(/C(C#N)=C/c3ccc(OC)c([N+](=O)[O-])c3)n2)cc1OC. The van der Waals surface area contributed by atoms with E-state index >= 15 is 0 Å². The summed E-state index contributed by atoms with van der Waals surface area (Å²) in [5.41, 5.74) is 2.12. The van der Waals surface area contributed by atoms with Crippen molar-refractivity contribution in [3.8, 4) is 34.6 Å². The summed E-state index contributed by atoms with van der Waals surface area (Å²) in [6, 6.07) is 12.1. The van der Waals surface area contributed by atoms with Gasteiger partial charge >= 0.3 is 5.69 Å². The highest BCUT2D eigenvalue weighted by molar-refractivity contribution is 7.11. The summed E-state index contributed by atoms with van der Waals surface area (Å²) in [6.07, 6.45) is 1.56. The van der Waals surface area contributed by atoms with Crippen molar-refractivity contribution < 1.29 is 19.1 Å². The third-order valence-electron chi connectivity index (χ3n) is 4.24. The van der Waals surface area contributed by atoms with E-state index in [4.69, 9.17) is 14.2 Å². The maximum Gasteiger partial charge on any atom is 0.311 e. The van der Waals surface area contributed by atoms with Gasteiger partial charge in [-0.2, -0.15) is 5.26 Å². The lowest BCUT2D eigenvalue weighted by Crippen LogP contribution is -1.94. The molecular formula is C21H17N3O5S. The molecule has 0 atom stereocenters. The third-order valence-corrected chi connectivity index (χ3v) is 5.12. The fraction of sp³-hybridized carbons (Fsp3) is 0.143. The second-order valence-electron chi connectivity index (χ2n) is 5.97. The van der Waals surface area contributed by atoms with E-state index in [0.29, 0.717) is 33.3 Å². The van der Waals surface area contributed by atoms with Crippen LogP contribution >= 0.6 is 11.3 Å². The van der Waals surface area contributed by atoms with Gasteiger partial charge in [-0.15, -0.1) is 11.3 Å². The van der Waals surface area contributed by atoms with Crippen LogP contribution in [0.4, 0.5) is 5.69 Å². The van der Waals surface area contributed by atoms with Gasteiger partial charge in [0.05, 0.1) is 37.5 Å². The highest BCUT2D eigenvalue weighted by atomic mass is 32.1. The van der Waals surface area contributed by atoms with Crippen LogP contribution in [0.15, 0.2) is 41.8 Å². The summed E-state index contributed by atoms with van der Waals surface area (Å²) in [4.78, 5) is 15.2. The van der Waals surface area contributed by atoms with E-state index in [-0.39, 0.29) is 11.4 Å². The van der Waals surface area contributed by atoms with E-state index in [0.717, 1.165) is 5.56 Å². The first-order valence-corrected chi connectivity index (χ1v) is 9.51. The highest BCUT2D eigenvalue weighted by Crippen LogP contribution is 2.34. The van der Waals surface area contributed by atoms with Crippen molar-refractivity contribution in [2.24, 2.45) is 0 Å². The molecule has 9 heteroatoms. The highest BCUT2D eigenvalue weighted by Gasteiger charge is 2.16. The molecule has 3 rings (SSSR count). The van der Waals surface area contributed by atoms with E-state index in [2.05, 4.69) is 11.1 Å². The van der Waals surface area contributed by atoms with Crippen molar-refractivity contribution in [3.63, 3.8) is 0 Å². The molecule has 3 aromatic rings. The molecule has 0 unspecified atom stereocenters. The average Bonchev–Trinajstić information content (AvgIpc) is 3.26. The molecule has 1 aromatic heterocycles. The average molecular weight is 423 g/mol. The first-order chi connectivity index (χ1) is 14.5. The van der Waals surface area contributed by atoms with Crippen LogP contribution in [0.5, 0.6) is 17.2 Å². The van der Waals surface area contributed by atoms with Gasteiger partial charge in [-0.3, -0.25) is 10.1 Å². The smallest absolute Gasteiger partial charge is 0.311 e. The van der Waals surface area contributed by atoms with E-state index in [9.17, 15) is 15.4 Å². The molecule has 0 N–H and O–H groups in total. The predicted molar refractivity (Wildman–Crippen MR) is 114 cm³/mol. The number of nitrogens with zero attached hydrogens (tertiary/aromatic N) is 3. The Labute approximate surface area is 176 Å². The Morgan fingerprint density at radius 1 is 1.10 bits per heavy atom. The van der Waals surface area contributed by atoms with Gasteiger partial charge in [0.15, 0.2) is 17.2 Å². The van der Waals surface area contributed by atoms with Gasteiger partial charge in [0.2, 0.25) is 0 Å². The number of benzene rings is 2. The van der Waals surface area contributed by atoms with Crippen LogP contribution in [0.3, 0.4) is 0 Å². The molecule has 0 radical (unpaired) electrons. The van der Waals surface area contributed by atoms with Crippen LogP contribution in [0.1, 0.15) is 10.6 Å². The Kier molecular flexibility index (Phi) is 6.29. The van der Waals surface area contributed by atoms with Gasteiger partial charge in [0.1, 0.15) is 11.1 Å². The lowest BCUT2D eigenvalue weighted by Gasteiger charge is -2.08. The quantitative estimate of drug-likeness (QED) is 0.305. The number of rotatable bonds is 7. The Morgan fingerprint density at radius 3 is 2.43 bits per heavy atom. The number of hydrogen-bond donors (Lipinski definition) is 0. The fourth-order valence-electron chi connectivity index (χ4n) is 2.77. The van der Waals surface area contributed by atoms with Gasteiger partial charge in [-0.05, 0) is 35.9 Å². The summed E-state index contributed by atoms with van der Waals surface area (Å²) in [5.74, 6) is 1.34. The molecule has 0 aliphatic carbocycles. The molecule has 30 heavy (non-hydrogen) atoms. The fourth-order valence-corrected chi connectivity index (χ4v) is 3.57. The van der Waals surface area contributed by atoms with Gasteiger partial charge in [0.25, 0.3) is 0 Å². The van der Waals surface area contributed by atoms with Crippen molar-refractivity contribution >= 4 is 28.7 Å². The lowest BCUT2D eigenvalue weighted by atomic mass is 10.1. The largest absolute Gasteiger partial charge is 0.493 e. The number of ether oxygens (including phenoxy) is 3. The summed E-state index contributed by atoms with van der Waals surface area (Å²) >= 11 is 1.31. The molecule has 0 aliphatic rings. The number of aromatic nitrogens is 1. The van der Waals surface area contributed by atoms with E-state index in [1.165, 1.54) is 30.6 Å². The second-order valence-corrected chi connectivity index (χ2v) is 6.82. The number of hydrogen-bond acceptors (Lipinski definition) is 8. The number of thiazole rings is 1. The monoisotopic (exact) mass is 423 g/mol. The van der Waals surface area contributed by atoms with Crippen LogP contribution in [-0.4, -0.2) is 31.2 Å². The van der Waals surface area contributed by atoms with E-state index in [1.807, 2.05) is 11.4 Å². The normalized spacial score (nSPS) is 10.9. The lowest BCUT2D eigenvalue weighted by molar-refractivity contribution is -0.385. The minimum Gasteiger partial charge on any atom is -0.493 e. The molecular weight excluding hydrogens is 406 g/mol. The molecule has 8 nitrogen and oxygen atoms in total. The zero-order valence-electron chi connectivity index (χ0n) is 16.4. The number of nitriles is 1. The third kappa shape index (κ3) is 4.24. The van der Waals surface area contributed by atoms with Gasteiger partial charge < -0.3 is 14.2 Å². The standard InChI is InChI=1S/C21H17N3O5S/c1-27-18-6-4-13(9-17(18)24(25)26)8-15(11-22)21-23-16(12-30-21)14-5-7-19(28-2)20(10-14)29-3/h4-10,12H,1-3H3/b15-8+. The summed E-state index contributed by atoms with van der Waals surface area (Å²) < 4.78 is 15.6. The molecule has 0 spiro atoms. The van der Waals surface area contributed by atoms with E-state index < -0.39 is 4.92 Å². The molecule has 152 valence electrons. The van der Waals surface area contributed by atoms with Crippen molar-refractivity contribution in [2.75, 3.05) is 21.3 Å². The van der Waals surface area contributed by atoms with Gasteiger partial charge in [-0.1, -0.05) is 6.07 Å². The second kappa shape index (κ2) is 9.07. The maximum atomic E-state index is 11.2. The molecule has 0 bridgehead atoms. The van der Waals surface area contributed by atoms with Crippen LogP contribution in [-0.2, 0) is 0 Å². The van der Waals surface area contributed by atoms with Gasteiger partial charge in [0, 0.05) is 17.0 Å². The summed E-state index contributed by atoms with van der Waals surface area (Å²) in [7, 11) is 4.48. The van der Waals surface area contributed by atoms with Crippen molar-refractivity contribution in [2.45, 2.75) is 0 Å². The molecule has 0 fully saturated rings. The zero-order valence-corrected chi connectivity index (χ0v) is 17.2. The van der Waals surface area contributed by atoms with Crippen LogP contribution < -0.4 is 14.2 Å². The Morgan fingerprint density at radius 2 is 1.80 bits per heavy atom.